The molecule has 0 atom stereocenters. The summed E-state index contributed by atoms with van der Waals surface area (Å²) in [6, 6.07) is 18.5. The molecule has 0 aliphatic heterocycles. The zero-order chi connectivity index (χ0) is 18.6. The fourth-order valence-corrected chi connectivity index (χ4v) is 2.88. The molecule has 0 spiro atoms. The highest BCUT2D eigenvalue weighted by Gasteiger charge is 2.36. The van der Waals surface area contributed by atoms with Gasteiger partial charge in [0.25, 0.3) is 11.6 Å². The molecule has 1 aromatic heterocycles. The predicted molar refractivity (Wildman–Crippen MR) is 93.0 cm³/mol. The summed E-state index contributed by atoms with van der Waals surface area (Å²) in [7, 11) is 0. The highest BCUT2D eigenvalue weighted by molar-refractivity contribution is 5.78. The van der Waals surface area contributed by atoms with Gasteiger partial charge in [-0.15, -0.1) is 0 Å². The number of para-hydroxylation sites is 2. The average Bonchev–Trinajstić information content (AvgIpc) is 3.49. The molecule has 1 saturated carbocycles. The van der Waals surface area contributed by atoms with Crippen LogP contribution < -0.4 is 14.5 Å². The van der Waals surface area contributed by atoms with E-state index >= 15 is 0 Å². The van der Waals surface area contributed by atoms with Gasteiger partial charge in [0, 0.05) is 18.2 Å². The Kier molecular flexibility index (Phi) is 4.74. The number of carbonyl (C=O) groups is 1. The summed E-state index contributed by atoms with van der Waals surface area (Å²) >= 11 is 0. The van der Waals surface area contributed by atoms with Crippen molar-refractivity contribution in [3.63, 3.8) is 0 Å². The van der Waals surface area contributed by atoms with Crippen molar-refractivity contribution in [2.24, 2.45) is 0 Å². The third-order valence-corrected chi connectivity index (χ3v) is 4.43. The lowest BCUT2D eigenvalue weighted by molar-refractivity contribution is -0.678. The minimum atomic E-state index is -0.540. The van der Waals surface area contributed by atoms with Gasteiger partial charge in [-0.2, -0.15) is 0 Å². The maximum atomic E-state index is 12.7. The smallest absolute Gasteiger partial charge is 0.261 e. The van der Waals surface area contributed by atoms with Crippen LogP contribution >= 0.6 is 0 Å². The summed E-state index contributed by atoms with van der Waals surface area (Å²) in [5.74, 6) is -0.0710. The van der Waals surface area contributed by atoms with E-state index in [0.717, 1.165) is 12.8 Å². The fraction of sp³-hybridized carbons (Fsp3) is 0.250. The Labute approximate surface area is 156 Å². The summed E-state index contributed by atoms with van der Waals surface area (Å²) in [5.41, 5.74) is 1.03. The average molecular weight is 365 g/mol. The number of rotatable bonds is 7. The third kappa shape index (κ3) is 3.92. The van der Waals surface area contributed by atoms with Gasteiger partial charge in [-0.05, 0) is 29.7 Å². The van der Waals surface area contributed by atoms with E-state index in [9.17, 15) is 9.90 Å². The first-order chi connectivity index (χ1) is 13.2. The van der Waals surface area contributed by atoms with Crippen LogP contribution in [0.4, 0.5) is 0 Å². The monoisotopic (exact) mass is 365 g/mol. The highest BCUT2D eigenvalue weighted by atomic mass is 16.6. The molecule has 0 saturated heterocycles. The van der Waals surface area contributed by atoms with Crippen molar-refractivity contribution in [3.05, 3.63) is 66.4 Å². The molecule has 7 heteroatoms. The highest BCUT2D eigenvalue weighted by Crippen LogP contribution is 2.29. The van der Waals surface area contributed by atoms with Crippen LogP contribution in [0, 0.1) is 0 Å². The van der Waals surface area contributed by atoms with Gasteiger partial charge in [0.05, 0.1) is 5.27 Å². The lowest BCUT2D eigenvalue weighted by Gasteiger charge is -2.21. The van der Waals surface area contributed by atoms with Gasteiger partial charge in [0.1, 0.15) is 12.3 Å². The zero-order valence-corrected chi connectivity index (χ0v) is 14.7. The van der Waals surface area contributed by atoms with E-state index in [0.29, 0.717) is 17.1 Å². The molecule has 0 radical (unpaired) electrons. The second-order valence-electron chi connectivity index (χ2n) is 6.41. The van der Waals surface area contributed by atoms with Crippen molar-refractivity contribution < 1.29 is 23.8 Å². The molecule has 0 bridgehead atoms. The Balaban J connectivity index is 1.51. The molecule has 3 aromatic rings. The molecule has 1 fully saturated rings. The SMILES string of the molecule is O=C(COc1ccccc1)N(Cc1c([O-])on[n+]1-c1ccccc1)C1CC1. The lowest BCUT2D eigenvalue weighted by atomic mass is 10.3. The molecule has 1 aliphatic rings. The Morgan fingerprint density at radius 2 is 1.81 bits per heavy atom. The molecule has 138 valence electrons. The maximum absolute atomic E-state index is 12.7. The Hall–Kier alpha value is -3.35. The summed E-state index contributed by atoms with van der Waals surface area (Å²) in [4.78, 5) is 14.4. The van der Waals surface area contributed by atoms with Crippen molar-refractivity contribution in [1.29, 1.82) is 0 Å². The summed E-state index contributed by atoms with van der Waals surface area (Å²) in [5, 5.41) is 16.0. The topological polar surface area (TPSA) is 82.5 Å². The molecule has 1 amide bonds. The Bertz CT molecular complexity index is 907. The quantitative estimate of drug-likeness (QED) is 0.594. The minimum Gasteiger partial charge on any atom is -0.539 e. The van der Waals surface area contributed by atoms with Crippen molar-refractivity contribution in [1.82, 2.24) is 10.2 Å². The molecule has 4 rings (SSSR count). The number of amides is 1. The normalized spacial score (nSPS) is 13.3. The lowest BCUT2D eigenvalue weighted by Crippen LogP contribution is -2.43. The van der Waals surface area contributed by atoms with Crippen LogP contribution in [0.1, 0.15) is 18.5 Å². The standard InChI is InChI=1S/C20H19N3O4/c24-19(14-26-17-9-5-2-6-10-17)22(15-11-12-15)13-18-20(25)27-21-23(18)16-7-3-1-4-8-16/h1-10,15H,11-14H2. The maximum Gasteiger partial charge on any atom is 0.261 e. The van der Waals surface area contributed by atoms with E-state index in [4.69, 9.17) is 9.26 Å². The van der Waals surface area contributed by atoms with Crippen molar-refractivity contribution in [3.8, 4) is 17.4 Å². The van der Waals surface area contributed by atoms with E-state index in [-0.39, 0.29) is 25.1 Å². The van der Waals surface area contributed by atoms with Gasteiger partial charge in [0.2, 0.25) is 5.69 Å². The molecule has 1 heterocycles. The second-order valence-corrected chi connectivity index (χ2v) is 6.41. The first-order valence-corrected chi connectivity index (χ1v) is 8.83. The van der Waals surface area contributed by atoms with Crippen LogP contribution in [0.25, 0.3) is 5.69 Å². The first kappa shape index (κ1) is 17.1. The molecule has 2 aromatic carbocycles. The summed E-state index contributed by atoms with van der Waals surface area (Å²) < 4.78 is 11.9. The second kappa shape index (κ2) is 7.49. The van der Waals surface area contributed by atoms with Gasteiger partial charge in [-0.1, -0.05) is 36.4 Å². The van der Waals surface area contributed by atoms with Crippen LogP contribution in [0.2, 0.25) is 0 Å². The number of nitrogens with zero attached hydrogens (tertiary/aromatic N) is 3. The molecule has 7 nitrogen and oxygen atoms in total. The van der Waals surface area contributed by atoms with Crippen LogP contribution in [-0.4, -0.2) is 28.7 Å². The van der Waals surface area contributed by atoms with Gasteiger partial charge >= 0.3 is 0 Å². The number of hydrogen-bond acceptors (Lipinski definition) is 5. The van der Waals surface area contributed by atoms with Gasteiger partial charge in [-0.25, -0.2) is 0 Å². The Morgan fingerprint density at radius 1 is 1.15 bits per heavy atom. The van der Waals surface area contributed by atoms with Crippen molar-refractivity contribution in [2.45, 2.75) is 25.4 Å². The number of aromatic nitrogens is 2. The molecule has 27 heavy (non-hydrogen) atoms. The van der Waals surface area contributed by atoms with Gasteiger partial charge in [-0.3, -0.25) is 4.79 Å². The molecular weight excluding hydrogens is 346 g/mol. The summed E-state index contributed by atoms with van der Waals surface area (Å²) in [6.07, 6.45) is 1.84. The Morgan fingerprint density at radius 3 is 2.48 bits per heavy atom. The van der Waals surface area contributed by atoms with E-state index in [1.165, 1.54) is 4.68 Å². The minimum absolute atomic E-state index is 0.0781. The van der Waals surface area contributed by atoms with Crippen molar-refractivity contribution in [2.75, 3.05) is 6.61 Å². The molecule has 1 aliphatic carbocycles. The van der Waals surface area contributed by atoms with Gasteiger partial charge in [0.15, 0.2) is 12.6 Å². The van der Waals surface area contributed by atoms with Gasteiger partial charge < -0.3 is 19.3 Å². The van der Waals surface area contributed by atoms with E-state index in [1.807, 2.05) is 48.5 Å². The largest absolute Gasteiger partial charge is 0.539 e. The third-order valence-electron chi connectivity index (χ3n) is 4.43. The molecular formula is C20H19N3O4. The molecule has 0 unspecified atom stereocenters. The van der Waals surface area contributed by atoms with Crippen LogP contribution in [0.15, 0.2) is 65.2 Å². The van der Waals surface area contributed by atoms with Crippen molar-refractivity contribution >= 4 is 5.91 Å². The van der Waals surface area contributed by atoms with E-state index in [2.05, 4.69) is 5.27 Å². The molecule has 0 N–H and O–H groups in total. The zero-order valence-electron chi connectivity index (χ0n) is 14.7. The number of carbonyl (C=O) groups excluding carboxylic acids is 1. The first-order valence-electron chi connectivity index (χ1n) is 8.83. The van der Waals surface area contributed by atoms with Crippen LogP contribution in [-0.2, 0) is 11.3 Å². The fourth-order valence-electron chi connectivity index (χ4n) is 2.88. The predicted octanol–water partition coefficient (Wildman–Crippen LogP) is 1.59. The number of benzene rings is 2. The summed E-state index contributed by atoms with van der Waals surface area (Å²) in [6.45, 7) is 0.0597. The van der Waals surface area contributed by atoms with E-state index < -0.39 is 5.95 Å². The van der Waals surface area contributed by atoms with E-state index in [1.54, 1.807) is 17.0 Å². The van der Waals surface area contributed by atoms with Crippen LogP contribution in [0.5, 0.6) is 11.7 Å². The number of ether oxygens (including phenoxy) is 1. The number of hydrogen-bond donors (Lipinski definition) is 0. The van der Waals surface area contributed by atoms with Crippen LogP contribution in [0.3, 0.4) is 0 Å².